The van der Waals surface area contributed by atoms with E-state index < -0.39 is 9.85 Å². The van der Waals surface area contributed by atoms with Crippen molar-refractivity contribution in [2.45, 2.75) is 0 Å². The number of aromatic nitrogens is 4. The number of nitro benzene ring substituents is 2. The Balaban J connectivity index is 1.09. The molecule has 6 aromatic carbocycles. The van der Waals surface area contributed by atoms with Gasteiger partial charge in [0.25, 0.3) is 11.4 Å². The highest BCUT2D eigenvalue weighted by Gasteiger charge is 2.20. The second-order valence-corrected chi connectivity index (χ2v) is 12.4. The Kier molecular flexibility index (Phi) is 8.70. The van der Waals surface area contributed by atoms with Crippen LogP contribution in [-0.2, 0) is 0 Å². The third-order valence-electron chi connectivity index (χ3n) is 9.03. The van der Waals surface area contributed by atoms with Crippen molar-refractivity contribution in [3.63, 3.8) is 0 Å². The number of nitrogens with one attached hydrogen (secondary N) is 2. The molecule has 2 N–H and O–H groups in total. The SMILES string of the molecule is O=C(c1ccc(-c2nc(-c3cccc([N+](=O)[O-])c3)[nH]c2-c2ccccc2)cc1)c1ccc(-c2[nH]c(-c3cccc([N+](=O)[O-])c3)nc2-c2ccccc2)cc1. The lowest BCUT2D eigenvalue weighted by molar-refractivity contribution is -0.385. The quantitative estimate of drug-likeness (QED) is 0.0812. The largest absolute Gasteiger partial charge is 0.337 e. The summed E-state index contributed by atoms with van der Waals surface area (Å²) in [5.74, 6) is 0.802. The van der Waals surface area contributed by atoms with Gasteiger partial charge in [-0.3, -0.25) is 25.0 Å². The third kappa shape index (κ3) is 6.56. The molecule has 54 heavy (non-hydrogen) atoms. The maximum Gasteiger partial charge on any atom is 0.270 e. The van der Waals surface area contributed by atoms with E-state index in [1.54, 1.807) is 48.5 Å². The molecule has 0 amide bonds. The van der Waals surface area contributed by atoms with Crippen LogP contribution in [0.3, 0.4) is 0 Å². The number of benzene rings is 6. The zero-order chi connectivity index (χ0) is 37.2. The number of rotatable bonds is 10. The molecule has 0 radical (unpaired) electrons. The predicted molar refractivity (Wildman–Crippen MR) is 207 cm³/mol. The molecule has 0 aliphatic heterocycles. The first-order valence-electron chi connectivity index (χ1n) is 16.9. The molecule has 11 nitrogen and oxygen atoms in total. The van der Waals surface area contributed by atoms with Gasteiger partial charge in [-0.25, -0.2) is 9.97 Å². The number of hydrogen-bond acceptors (Lipinski definition) is 7. The number of carbonyl (C=O) groups excluding carboxylic acids is 1. The van der Waals surface area contributed by atoms with Gasteiger partial charge in [-0.15, -0.1) is 0 Å². The smallest absolute Gasteiger partial charge is 0.270 e. The summed E-state index contributed by atoms with van der Waals surface area (Å²) in [7, 11) is 0. The van der Waals surface area contributed by atoms with E-state index in [4.69, 9.17) is 9.97 Å². The summed E-state index contributed by atoms with van der Waals surface area (Å²) < 4.78 is 0. The Hall–Kier alpha value is -7.79. The van der Waals surface area contributed by atoms with E-state index in [1.807, 2.05) is 84.9 Å². The fourth-order valence-electron chi connectivity index (χ4n) is 6.32. The van der Waals surface area contributed by atoms with Gasteiger partial charge in [0.15, 0.2) is 5.78 Å². The first kappa shape index (κ1) is 33.4. The zero-order valence-electron chi connectivity index (χ0n) is 28.3. The highest BCUT2D eigenvalue weighted by molar-refractivity contribution is 6.09. The van der Waals surface area contributed by atoms with E-state index in [1.165, 1.54) is 24.3 Å². The van der Waals surface area contributed by atoms with Gasteiger partial charge in [0, 0.05) is 68.8 Å². The molecule has 0 unspecified atom stereocenters. The molecule has 8 rings (SSSR count). The number of H-pyrrole nitrogens is 2. The molecular formula is C43H28N6O5. The predicted octanol–water partition coefficient (Wildman–Crippen LogP) is 10.2. The van der Waals surface area contributed by atoms with E-state index in [0.29, 0.717) is 51.0 Å². The normalized spacial score (nSPS) is 11.0. The van der Waals surface area contributed by atoms with Crippen LogP contribution in [0.4, 0.5) is 11.4 Å². The van der Waals surface area contributed by atoms with E-state index in [9.17, 15) is 25.0 Å². The average Bonchev–Trinajstić information content (AvgIpc) is 3.88. The summed E-state index contributed by atoms with van der Waals surface area (Å²) in [5.41, 5.74) is 8.15. The Labute approximate surface area is 308 Å². The molecule has 11 heteroatoms. The van der Waals surface area contributed by atoms with Crippen molar-refractivity contribution in [2.75, 3.05) is 0 Å². The number of ketones is 1. The molecular weight excluding hydrogens is 681 g/mol. The monoisotopic (exact) mass is 708 g/mol. The van der Waals surface area contributed by atoms with Gasteiger partial charge < -0.3 is 9.97 Å². The summed E-state index contributed by atoms with van der Waals surface area (Å²) in [6.07, 6.45) is 0. The van der Waals surface area contributed by atoms with E-state index in [0.717, 1.165) is 27.9 Å². The lowest BCUT2D eigenvalue weighted by Gasteiger charge is -2.07. The van der Waals surface area contributed by atoms with Crippen LogP contribution in [-0.4, -0.2) is 35.6 Å². The third-order valence-corrected chi connectivity index (χ3v) is 9.03. The minimum absolute atomic E-state index is 0.0333. The second-order valence-electron chi connectivity index (χ2n) is 12.4. The lowest BCUT2D eigenvalue weighted by Crippen LogP contribution is -2.01. The number of non-ortho nitro benzene ring substituents is 2. The highest BCUT2D eigenvalue weighted by Crippen LogP contribution is 2.36. The molecule has 260 valence electrons. The van der Waals surface area contributed by atoms with Gasteiger partial charge in [-0.05, 0) is 0 Å². The minimum Gasteiger partial charge on any atom is -0.337 e. The maximum absolute atomic E-state index is 13.7. The van der Waals surface area contributed by atoms with Gasteiger partial charge in [0.1, 0.15) is 11.6 Å². The van der Waals surface area contributed by atoms with Crippen molar-refractivity contribution in [3.05, 3.63) is 189 Å². The highest BCUT2D eigenvalue weighted by atomic mass is 16.6. The Morgan fingerprint density at radius 3 is 1.26 bits per heavy atom. The maximum atomic E-state index is 13.7. The van der Waals surface area contributed by atoms with Crippen LogP contribution in [0.2, 0.25) is 0 Å². The van der Waals surface area contributed by atoms with E-state index in [2.05, 4.69) is 9.97 Å². The first-order chi connectivity index (χ1) is 26.3. The van der Waals surface area contributed by atoms with E-state index in [-0.39, 0.29) is 17.2 Å². The molecule has 8 aromatic rings. The van der Waals surface area contributed by atoms with Crippen LogP contribution in [0, 0.1) is 20.2 Å². The number of nitrogens with zero attached hydrogens (tertiary/aromatic N) is 4. The fourth-order valence-corrected chi connectivity index (χ4v) is 6.32. The first-order valence-corrected chi connectivity index (χ1v) is 16.9. The van der Waals surface area contributed by atoms with Gasteiger partial charge in [0.2, 0.25) is 0 Å². The molecule has 2 heterocycles. The van der Waals surface area contributed by atoms with Crippen LogP contribution < -0.4 is 0 Å². The summed E-state index contributed by atoms with van der Waals surface area (Å²) in [6, 6.07) is 46.4. The van der Waals surface area contributed by atoms with Gasteiger partial charge in [0.05, 0.1) is 32.6 Å². The standard InChI is InChI=1S/C43H28N6O5/c50-41(31-21-17-29(18-22-31)39-37(27-9-3-1-4-10-27)44-42(46-39)33-13-7-15-35(25-33)48(51)52)32-23-19-30(20-24-32)40-38(28-11-5-2-6-12-28)45-43(47-40)34-14-8-16-36(26-34)49(53)54/h1-26H,(H,44,46)(H,45,47). The lowest BCUT2D eigenvalue weighted by atomic mass is 9.98. The number of aromatic amines is 2. The van der Waals surface area contributed by atoms with Crippen LogP contribution in [0.1, 0.15) is 15.9 Å². The van der Waals surface area contributed by atoms with Crippen LogP contribution in [0.15, 0.2) is 158 Å². The summed E-state index contributed by atoms with van der Waals surface area (Å²) in [5, 5.41) is 22.9. The molecule has 0 saturated heterocycles. The van der Waals surface area contributed by atoms with Gasteiger partial charge >= 0.3 is 0 Å². The fraction of sp³-hybridized carbons (Fsp3) is 0. The van der Waals surface area contributed by atoms with Crippen LogP contribution in [0.5, 0.6) is 0 Å². The molecule has 0 aliphatic rings. The Bertz CT molecular complexity index is 2480. The van der Waals surface area contributed by atoms with Crippen molar-refractivity contribution >= 4 is 17.2 Å². The molecule has 2 aromatic heterocycles. The summed E-state index contributed by atoms with van der Waals surface area (Å²) in [6.45, 7) is 0. The number of carbonyl (C=O) groups is 1. The zero-order valence-corrected chi connectivity index (χ0v) is 28.3. The van der Waals surface area contributed by atoms with Crippen molar-refractivity contribution in [2.24, 2.45) is 0 Å². The average molecular weight is 709 g/mol. The van der Waals surface area contributed by atoms with Crippen molar-refractivity contribution in [1.82, 2.24) is 19.9 Å². The van der Waals surface area contributed by atoms with Crippen molar-refractivity contribution in [1.29, 1.82) is 0 Å². The number of hydrogen-bond donors (Lipinski definition) is 2. The number of imidazole rings is 2. The van der Waals surface area contributed by atoms with Crippen LogP contribution >= 0.6 is 0 Å². The Morgan fingerprint density at radius 1 is 0.444 bits per heavy atom. The summed E-state index contributed by atoms with van der Waals surface area (Å²) >= 11 is 0. The van der Waals surface area contributed by atoms with E-state index >= 15 is 0 Å². The van der Waals surface area contributed by atoms with Crippen LogP contribution in [0.25, 0.3) is 67.8 Å². The summed E-state index contributed by atoms with van der Waals surface area (Å²) in [4.78, 5) is 52.1. The molecule has 0 fully saturated rings. The second kappa shape index (κ2) is 14.1. The Morgan fingerprint density at radius 2 is 0.815 bits per heavy atom. The van der Waals surface area contributed by atoms with Gasteiger partial charge in [-0.2, -0.15) is 0 Å². The molecule has 0 spiro atoms. The van der Waals surface area contributed by atoms with Crippen molar-refractivity contribution < 1.29 is 14.6 Å². The molecule has 0 aliphatic carbocycles. The van der Waals surface area contributed by atoms with Gasteiger partial charge in [-0.1, -0.05) is 133 Å². The van der Waals surface area contributed by atoms with Crippen molar-refractivity contribution in [3.8, 4) is 67.8 Å². The minimum atomic E-state index is -0.438. The molecule has 0 atom stereocenters. The molecule has 0 bridgehead atoms. The number of nitro groups is 2. The molecule has 0 saturated carbocycles. The topological polar surface area (TPSA) is 161 Å².